The average Bonchev–Trinajstić information content (AvgIpc) is 3.26. The lowest BCUT2D eigenvalue weighted by Crippen LogP contribution is -2.50. The van der Waals surface area contributed by atoms with E-state index in [4.69, 9.17) is 20.9 Å². The second-order valence-electron chi connectivity index (χ2n) is 6.70. The standard InChI is InChI=1S/C21H17ClN4O5/c22-14-3-1-13(2-4-14)12-26-19(27)17(20(28)29)11-23-21(26)24-15-5-7-16(8-6-15)31-18-9-10-30-25-18/h1-10,17H,11-12H2,(H,23,24)(H,28,29). The van der Waals surface area contributed by atoms with Gasteiger partial charge in [0.15, 0.2) is 5.92 Å². The summed E-state index contributed by atoms with van der Waals surface area (Å²) in [6, 6.07) is 15.5. The molecule has 158 valence electrons. The van der Waals surface area contributed by atoms with Crippen molar-refractivity contribution in [2.24, 2.45) is 10.9 Å². The minimum atomic E-state index is -1.23. The summed E-state index contributed by atoms with van der Waals surface area (Å²) in [5.74, 6) is -1.82. The topological polar surface area (TPSA) is 117 Å². The second kappa shape index (κ2) is 8.88. The van der Waals surface area contributed by atoms with Gasteiger partial charge in [0.25, 0.3) is 5.88 Å². The Bertz CT molecular complexity index is 1100. The van der Waals surface area contributed by atoms with Crippen molar-refractivity contribution in [3.05, 3.63) is 71.4 Å². The van der Waals surface area contributed by atoms with Crippen molar-refractivity contribution in [3.8, 4) is 11.6 Å². The predicted octanol–water partition coefficient (Wildman–Crippen LogP) is 3.63. The van der Waals surface area contributed by atoms with Crippen LogP contribution < -0.4 is 10.1 Å². The molecule has 4 rings (SSSR count). The quantitative estimate of drug-likeness (QED) is 0.562. The number of nitrogens with one attached hydrogen (secondary N) is 1. The molecule has 9 nitrogen and oxygen atoms in total. The first-order chi connectivity index (χ1) is 15.0. The van der Waals surface area contributed by atoms with Crippen molar-refractivity contribution in [1.29, 1.82) is 0 Å². The van der Waals surface area contributed by atoms with Gasteiger partial charge in [0, 0.05) is 16.8 Å². The molecule has 1 aliphatic heterocycles. The number of aromatic nitrogens is 1. The van der Waals surface area contributed by atoms with E-state index in [9.17, 15) is 14.7 Å². The summed E-state index contributed by atoms with van der Waals surface area (Å²) in [6.45, 7) is 0.0138. The Morgan fingerprint density at radius 3 is 2.58 bits per heavy atom. The molecule has 0 bridgehead atoms. The third-order valence-corrected chi connectivity index (χ3v) is 4.79. The van der Waals surface area contributed by atoms with Gasteiger partial charge in [-0.15, -0.1) is 0 Å². The molecular formula is C21H17ClN4O5. The minimum absolute atomic E-state index is 0.138. The molecule has 1 amide bonds. The second-order valence-corrected chi connectivity index (χ2v) is 7.13. The number of hydrogen-bond acceptors (Lipinski definition) is 7. The van der Waals surface area contributed by atoms with Crippen molar-refractivity contribution >= 4 is 35.1 Å². The van der Waals surface area contributed by atoms with Crippen molar-refractivity contribution in [2.45, 2.75) is 6.54 Å². The molecule has 0 radical (unpaired) electrons. The first kappa shape index (κ1) is 20.4. The largest absolute Gasteiger partial charge is 0.481 e. The van der Waals surface area contributed by atoms with Crippen molar-refractivity contribution in [2.75, 3.05) is 11.9 Å². The van der Waals surface area contributed by atoms with Gasteiger partial charge in [-0.3, -0.25) is 19.5 Å². The van der Waals surface area contributed by atoms with Gasteiger partial charge in [-0.25, -0.2) is 0 Å². The molecule has 3 aromatic rings. The number of rotatable bonds is 6. The summed E-state index contributed by atoms with van der Waals surface area (Å²) in [5, 5.41) is 16.7. The first-order valence-corrected chi connectivity index (χ1v) is 9.66. The highest BCUT2D eigenvalue weighted by Gasteiger charge is 2.36. The zero-order valence-corrected chi connectivity index (χ0v) is 16.8. The van der Waals surface area contributed by atoms with Crippen LogP contribution in [0.25, 0.3) is 0 Å². The smallest absolute Gasteiger partial charge is 0.318 e. The lowest BCUT2D eigenvalue weighted by molar-refractivity contribution is -0.149. The highest BCUT2D eigenvalue weighted by molar-refractivity contribution is 6.30. The van der Waals surface area contributed by atoms with E-state index in [2.05, 4.69) is 15.5 Å². The number of amides is 1. The summed E-state index contributed by atoms with van der Waals surface area (Å²) >= 11 is 5.93. The number of benzene rings is 2. The molecule has 1 aliphatic rings. The molecule has 1 aromatic heterocycles. The van der Waals surface area contributed by atoms with E-state index in [0.29, 0.717) is 22.3 Å². The molecular weight excluding hydrogens is 424 g/mol. The molecule has 1 atom stereocenters. The zero-order chi connectivity index (χ0) is 21.8. The maximum atomic E-state index is 12.8. The molecule has 2 aromatic carbocycles. The SMILES string of the molecule is O=C(O)C1CN=C(Nc2ccc(Oc3ccon3)cc2)N(Cc2ccc(Cl)cc2)C1=O. The summed E-state index contributed by atoms with van der Waals surface area (Å²) < 4.78 is 10.3. The van der Waals surface area contributed by atoms with E-state index in [1.807, 2.05) is 0 Å². The van der Waals surface area contributed by atoms with E-state index in [1.165, 1.54) is 11.2 Å². The molecule has 2 heterocycles. The molecule has 0 saturated heterocycles. The van der Waals surface area contributed by atoms with E-state index >= 15 is 0 Å². The number of aliphatic imine (C=N–C) groups is 1. The van der Waals surface area contributed by atoms with Crippen LogP contribution in [0.1, 0.15) is 5.56 Å². The normalized spacial score (nSPS) is 16.0. The Labute approximate surface area is 181 Å². The van der Waals surface area contributed by atoms with Crippen LogP contribution in [0.3, 0.4) is 0 Å². The third kappa shape index (κ3) is 4.84. The zero-order valence-electron chi connectivity index (χ0n) is 16.1. The van der Waals surface area contributed by atoms with Crippen LogP contribution in [-0.4, -0.2) is 39.5 Å². The fourth-order valence-corrected chi connectivity index (χ4v) is 3.09. The van der Waals surface area contributed by atoms with Gasteiger partial charge in [-0.2, -0.15) is 0 Å². The number of halogens is 1. The maximum absolute atomic E-state index is 12.8. The number of carboxylic acid groups (broad SMARTS) is 1. The Balaban J connectivity index is 1.53. The summed E-state index contributed by atoms with van der Waals surface area (Å²) in [4.78, 5) is 29.9. The highest BCUT2D eigenvalue weighted by atomic mass is 35.5. The van der Waals surface area contributed by atoms with E-state index < -0.39 is 17.8 Å². The van der Waals surface area contributed by atoms with Gasteiger partial charge in [0.05, 0.1) is 13.1 Å². The summed E-state index contributed by atoms with van der Waals surface area (Å²) in [5.41, 5.74) is 1.43. The van der Waals surface area contributed by atoms with Crippen LogP contribution in [0.4, 0.5) is 5.69 Å². The third-order valence-electron chi connectivity index (χ3n) is 4.54. The highest BCUT2D eigenvalue weighted by Crippen LogP contribution is 2.23. The number of aliphatic carboxylic acids is 1. The molecule has 0 aliphatic carbocycles. The van der Waals surface area contributed by atoms with Gasteiger partial charge in [0.2, 0.25) is 11.9 Å². The number of nitrogens with zero attached hydrogens (tertiary/aromatic N) is 3. The molecule has 1 unspecified atom stereocenters. The number of anilines is 1. The lowest BCUT2D eigenvalue weighted by Gasteiger charge is -2.31. The van der Waals surface area contributed by atoms with Crippen LogP contribution >= 0.6 is 11.6 Å². The van der Waals surface area contributed by atoms with Gasteiger partial charge in [0.1, 0.15) is 12.0 Å². The van der Waals surface area contributed by atoms with Crippen molar-refractivity contribution in [1.82, 2.24) is 10.1 Å². The van der Waals surface area contributed by atoms with Crippen LogP contribution in [0, 0.1) is 5.92 Å². The molecule has 0 spiro atoms. The molecule has 0 fully saturated rings. The first-order valence-electron chi connectivity index (χ1n) is 9.28. The number of ether oxygens (including phenoxy) is 1. The monoisotopic (exact) mass is 440 g/mol. The van der Waals surface area contributed by atoms with Crippen LogP contribution in [-0.2, 0) is 16.1 Å². The van der Waals surface area contributed by atoms with Gasteiger partial charge >= 0.3 is 5.97 Å². The Morgan fingerprint density at radius 2 is 1.94 bits per heavy atom. The van der Waals surface area contributed by atoms with E-state index in [0.717, 1.165) is 5.56 Å². The molecule has 0 saturated carbocycles. The van der Waals surface area contributed by atoms with Crippen LogP contribution in [0.2, 0.25) is 5.02 Å². The Hall–Kier alpha value is -3.85. The number of carboxylic acids is 1. The van der Waals surface area contributed by atoms with E-state index in [-0.39, 0.29) is 19.0 Å². The fourth-order valence-electron chi connectivity index (χ4n) is 2.96. The lowest BCUT2D eigenvalue weighted by atomic mass is 10.1. The molecule has 10 heteroatoms. The van der Waals surface area contributed by atoms with Crippen LogP contribution in [0.15, 0.2) is 70.4 Å². The average molecular weight is 441 g/mol. The minimum Gasteiger partial charge on any atom is -0.481 e. The van der Waals surface area contributed by atoms with Crippen LogP contribution in [0.5, 0.6) is 11.6 Å². The summed E-state index contributed by atoms with van der Waals surface area (Å²) in [7, 11) is 0. The van der Waals surface area contributed by atoms with Gasteiger partial charge in [-0.05, 0) is 47.1 Å². The molecule has 2 N–H and O–H groups in total. The fraction of sp³-hybridized carbons (Fsp3) is 0.143. The summed E-state index contributed by atoms with van der Waals surface area (Å²) in [6.07, 6.45) is 1.41. The number of carbonyl (C=O) groups is 2. The molecule has 31 heavy (non-hydrogen) atoms. The van der Waals surface area contributed by atoms with Gasteiger partial charge < -0.3 is 19.7 Å². The maximum Gasteiger partial charge on any atom is 0.318 e. The number of guanidine groups is 1. The number of carbonyl (C=O) groups excluding carboxylic acids is 1. The van der Waals surface area contributed by atoms with E-state index in [1.54, 1.807) is 54.6 Å². The van der Waals surface area contributed by atoms with Gasteiger partial charge in [-0.1, -0.05) is 23.7 Å². The predicted molar refractivity (Wildman–Crippen MR) is 112 cm³/mol. The van der Waals surface area contributed by atoms with Crippen molar-refractivity contribution < 1.29 is 24.0 Å². The Morgan fingerprint density at radius 1 is 1.19 bits per heavy atom. The van der Waals surface area contributed by atoms with Crippen molar-refractivity contribution in [3.63, 3.8) is 0 Å². The Kier molecular flexibility index (Phi) is 5.85. The number of hydrogen-bond donors (Lipinski definition) is 2.